The van der Waals surface area contributed by atoms with Gasteiger partial charge < -0.3 is 5.11 Å². The standard InChI is InChI=1S/C3H3N3O2S/c7-3(8)5-9-2-1-4-6-9/h1-2H,(H,7,8)/p+1. The predicted octanol–water partition coefficient (Wildman–Crippen LogP) is 0.447. The molecule has 0 aromatic carbocycles. The van der Waals surface area contributed by atoms with Crippen LogP contribution in [-0.4, -0.2) is 20.8 Å². The Bertz CT molecular complexity index is 197. The molecular formula is C3H4N3O2S+. The smallest absolute Gasteiger partial charge is 0.451 e. The zero-order valence-electron chi connectivity index (χ0n) is 4.31. The van der Waals surface area contributed by atoms with E-state index >= 15 is 0 Å². The third kappa shape index (κ3) is 1.65. The van der Waals surface area contributed by atoms with E-state index in [-0.39, 0.29) is 0 Å². The van der Waals surface area contributed by atoms with Gasteiger partial charge >= 0.3 is 6.09 Å². The van der Waals surface area contributed by atoms with E-state index in [9.17, 15) is 4.79 Å². The first kappa shape index (κ1) is 5.96. The van der Waals surface area contributed by atoms with Crippen molar-refractivity contribution in [2.24, 2.45) is 0 Å². The highest BCUT2D eigenvalue weighted by Gasteiger charge is 2.07. The van der Waals surface area contributed by atoms with Crippen molar-refractivity contribution in [1.29, 1.82) is 0 Å². The summed E-state index contributed by atoms with van der Waals surface area (Å²) in [6.07, 6.45) is 0.378. The highest BCUT2D eigenvalue weighted by molar-refractivity contribution is 7.27. The lowest BCUT2D eigenvalue weighted by molar-refractivity contribution is 0.210. The summed E-state index contributed by atoms with van der Waals surface area (Å²) in [6.45, 7) is 0. The molecule has 0 spiro atoms. The average molecular weight is 146 g/mol. The lowest BCUT2D eigenvalue weighted by atomic mass is 11.1. The van der Waals surface area contributed by atoms with Crippen LogP contribution in [0.5, 0.6) is 0 Å². The van der Waals surface area contributed by atoms with Crippen LogP contribution in [0.1, 0.15) is 0 Å². The molecule has 0 aliphatic carbocycles. The Kier molecular flexibility index (Phi) is 1.59. The third-order valence-electron chi connectivity index (χ3n) is 0.583. The first-order valence-corrected chi connectivity index (χ1v) is 3.34. The Hall–Kier alpha value is -1.17. The summed E-state index contributed by atoms with van der Waals surface area (Å²) >= 11 is 0. The van der Waals surface area contributed by atoms with E-state index in [1.807, 2.05) is 0 Å². The highest BCUT2D eigenvalue weighted by Crippen LogP contribution is 2.02. The Balaban J connectivity index is 2.58. The number of hydrogen-bond donors (Lipinski definition) is 2. The van der Waals surface area contributed by atoms with Gasteiger partial charge in [0.05, 0.1) is 0 Å². The van der Waals surface area contributed by atoms with Crippen LogP contribution in [0.4, 0.5) is 4.79 Å². The van der Waals surface area contributed by atoms with Crippen molar-refractivity contribution >= 4 is 16.9 Å². The number of hydrogen-bond acceptors (Lipinski definition) is 3. The van der Waals surface area contributed by atoms with E-state index in [0.717, 1.165) is 0 Å². The van der Waals surface area contributed by atoms with E-state index in [2.05, 4.69) is 14.3 Å². The SMILES string of the molecule is O=C(O)N[s+]1ccnn1. The lowest BCUT2D eigenvalue weighted by Gasteiger charge is -1.78. The fraction of sp³-hybridized carbons (Fsp3) is 0. The maximum absolute atomic E-state index is 9.92. The molecule has 0 aliphatic heterocycles. The van der Waals surface area contributed by atoms with Crippen LogP contribution in [0.15, 0.2) is 11.6 Å². The minimum atomic E-state index is -1.08. The second kappa shape index (κ2) is 2.40. The van der Waals surface area contributed by atoms with Gasteiger partial charge in [0.2, 0.25) is 16.2 Å². The van der Waals surface area contributed by atoms with Crippen molar-refractivity contribution in [3.63, 3.8) is 0 Å². The molecule has 0 bridgehead atoms. The van der Waals surface area contributed by atoms with Gasteiger partial charge in [-0.2, -0.15) is 0 Å². The quantitative estimate of drug-likeness (QED) is 0.564. The van der Waals surface area contributed by atoms with Crippen LogP contribution in [0.3, 0.4) is 0 Å². The maximum atomic E-state index is 9.92. The van der Waals surface area contributed by atoms with Crippen LogP contribution in [0, 0.1) is 0 Å². The molecule has 1 rings (SSSR count). The molecule has 0 saturated carbocycles. The van der Waals surface area contributed by atoms with Crippen LogP contribution in [-0.2, 0) is 0 Å². The lowest BCUT2D eigenvalue weighted by Crippen LogP contribution is -2.05. The summed E-state index contributed by atoms with van der Waals surface area (Å²) in [5, 5.41) is 13.2. The van der Waals surface area contributed by atoms with Gasteiger partial charge in [-0.05, 0) is 0 Å². The van der Waals surface area contributed by atoms with E-state index in [1.165, 1.54) is 6.20 Å². The zero-order valence-corrected chi connectivity index (χ0v) is 5.13. The van der Waals surface area contributed by atoms with Gasteiger partial charge in [0.25, 0.3) is 0 Å². The second-order valence-electron chi connectivity index (χ2n) is 1.20. The molecule has 2 N–H and O–H groups in total. The normalized spacial score (nSPS) is 10.9. The van der Waals surface area contributed by atoms with Crippen LogP contribution in [0.25, 0.3) is 0 Å². The molecule has 0 aliphatic rings. The number of carboxylic acid groups (broad SMARTS) is 1. The molecule has 1 atom stereocenters. The monoisotopic (exact) mass is 146 g/mol. The van der Waals surface area contributed by atoms with E-state index in [4.69, 9.17) is 5.11 Å². The number of rotatable bonds is 1. The Labute approximate surface area is 53.6 Å². The predicted molar refractivity (Wildman–Crippen MR) is 31.9 cm³/mol. The summed E-state index contributed by atoms with van der Waals surface area (Å²) < 4.78 is 5.66. The number of carbonyl (C=O) groups is 1. The van der Waals surface area contributed by atoms with Gasteiger partial charge in [-0.25, -0.2) is 4.79 Å². The molecule has 48 valence electrons. The molecule has 0 fully saturated rings. The van der Waals surface area contributed by atoms with Crippen molar-refractivity contribution in [1.82, 2.24) is 9.59 Å². The van der Waals surface area contributed by atoms with Gasteiger partial charge in [-0.1, -0.05) is 4.72 Å². The molecule has 1 aromatic rings. The molecule has 1 heterocycles. The molecule has 1 unspecified atom stereocenters. The molecular weight excluding hydrogens is 142 g/mol. The van der Waals surface area contributed by atoms with E-state index in [0.29, 0.717) is 0 Å². The highest BCUT2D eigenvalue weighted by atomic mass is 32.2. The number of nitrogens with zero attached hydrogens (tertiary/aromatic N) is 2. The van der Waals surface area contributed by atoms with Crippen LogP contribution in [0.2, 0.25) is 0 Å². The topological polar surface area (TPSA) is 75.1 Å². The molecule has 6 heteroatoms. The number of nitrogens with one attached hydrogen (secondary N) is 1. The summed E-state index contributed by atoms with van der Waals surface area (Å²) in [6, 6.07) is 0. The minimum Gasteiger partial charge on any atom is -0.462 e. The van der Waals surface area contributed by atoms with Crippen molar-refractivity contribution in [2.75, 3.05) is 4.72 Å². The Morgan fingerprint density at radius 3 is 3.00 bits per heavy atom. The summed E-state index contributed by atoms with van der Waals surface area (Å²) in [5.74, 6) is 0. The average Bonchev–Trinajstić information content (AvgIpc) is 2.15. The molecule has 1 aromatic heterocycles. The first-order valence-electron chi connectivity index (χ1n) is 2.09. The minimum absolute atomic E-state index is 0.729. The molecule has 0 radical (unpaired) electrons. The largest absolute Gasteiger partial charge is 0.462 e. The molecule has 1 amide bonds. The van der Waals surface area contributed by atoms with Crippen LogP contribution >= 0.6 is 10.9 Å². The molecule has 0 saturated heterocycles. The van der Waals surface area contributed by atoms with Crippen molar-refractivity contribution < 1.29 is 9.90 Å². The Morgan fingerprint density at radius 1 is 1.78 bits per heavy atom. The van der Waals surface area contributed by atoms with E-state index < -0.39 is 16.9 Å². The summed E-state index contributed by atoms with van der Waals surface area (Å²) in [4.78, 5) is 9.92. The second-order valence-corrected chi connectivity index (χ2v) is 2.47. The van der Waals surface area contributed by atoms with Crippen molar-refractivity contribution in [2.45, 2.75) is 0 Å². The van der Waals surface area contributed by atoms with Gasteiger partial charge in [0.15, 0.2) is 0 Å². The maximum Gasteiger partial charge on any atom is 0.451 e. The van der Waals surface area contributed by atoms with Gasteiger partial charge in [-0.3, -0.25) is 0 Å². The van der Waals surface area contributed by atoms with E-state index in [1.54, 1.807) is 5.38 Å². The fourth-order valence-corrected chi connectivity index (χ4v) is 1.00. The first-order chi connectivity index (χ1) is 4.29. The zero-order chi connectivity index (χ0) is 6.69. The number of amides is 1. The van der Waals surface area contributed by atoms with Crippen molar-refractivity contribution in [3.8, 4) is 0 Å². The Morgan fingerprint density at radius 2 is 2.56 bits per heavy atom. The van der Waals surface area contributed by atoms with Crippen LogP contribution < -0.4 is 4.72 Å². The molecule has 9 heavy (non-hydrogen) atoms. The van der Waals surface area contributed by atoms with Gasteiger partial charge in [0.1, 0.15) is 10.7 Å². The summed E-state index contributed by atoms with van der Waals surface area (Å²) in [7, 11) is -0.729. The third-order valence-corrected chi connectivity index (χ3v) is 1.62. The fourth-order valence-electron chi connectivity index (χ4n) is 0.334. The summed E-state index contributed by atoms with van der Waals surface area (Å²) in [5.41, 5.74) is 0. The van der Waals surface area contributed by atoms with Crippen molar-refractivity contribution in [3.05, 3.63) is 11.6 Å². The van der Waals surface area contributed by atoms with Gasteiger partial charge in [-0.15, -0.1) is 5.10 Å². The molecule has 5 nitrogen and oxygen atoms in total. The van der Waals surface area contributed by atoms with Gasteiger partial charge in [0, 0.05) is 0 Å². The number of aromatic nitrogens is 2.